The predicted molar refractivity (Wildman–Crippen MR) is 38.0 cm³/mol. The molecule has 2 heterocycles. The van der Waals surface area contributed by atoms with Crippen LogP contribution in [0.3, 0.4) is 0 Å². The SMILES string of the molecule is O=C1C[C@H]2SC(O)C=CN12. The van der Waals surface area contributed by atoms with E-state index in [2.05, 4.69) is 0 Å². The molecule has 0 aromatic rings. The Hall–Kier alpha value is -0.480. The Morgan fingerprint density at radius 3 is 3.20 bits per heavy atom. The van der Waals surface area contributed by atoms with Crippen molar-refractivity contribution >= 4 is 17.7 Å². The Bertz CT molecular complexity index is 204. The summed E-state index contributed by atoms with van der Waals surface area (Å²) in [5.74, 6) is 0.153. The van der Waals surface area contributed by atoms with Crippen molar-refractivity contribution in [1.82, 2.24) is 4.90 Å². The summed E-state index contributed by atoms with van der Waals surface area (Å²) in [5.41, 5.74) is -0.422. The largest absolute Gasteiger partial charge is 0.378 e. The number of hydrogen-bond donors (Lipinski definition) is 1. The fourth-order valence-electron chi connectivity index (χ4n) is 1.07. The lowest BCUT2D eigenvalue weighted by Crippen LogP contribution is -2.49. The average Bonchev–Trinajstić information content (AvgIpc) is 1.86. The molecule has 1 unspecified atom stereocenters. The number of aliphatic hydroxyl groups is 1. The summed E-state index contributed by atoms with van der Waals surface area (Å²) in [4.78, 5) is 12.4. The molecule has 10 heavy (non-hydrogen) atoms. The molecule has 0 aromatic carbocycles. The molecule has 4 heteroatoms. The van der Waals surface area contributed by atoms with Gasteiger partial charge in [-0.3, -0.25) is 4.79 Å². The second-order valence-corrected chi connectivity index (χ2v) is 3.63. The third kappa shape index (κ3) is 0.759. The van der Waals surface area contributed by atoms with E-state index in [4.69, 9.17) is 5.11 Å². The summed E-state index contributed by atoms with van der Waals surface area (Å²) < 4.78 is 0. The summed E-state index contributed by atoms with van der Waals surface area (Å²) in [6.07, 6.45) is 3.86. The van der Waals surface area contributed by atoms with Gasteiger partial charge in [0.05, 0.1) is 11.8 Å². The molecule has 1 saturated heterocycles. The predicted octanol–water partition coefficient (Wildman–Crippen LogP) is 0.124. The zero-order valence-electron chi connectivity index (χ0n) is 5.23. The van der Waals surface area contributed by atoms with Crippen molar-refractivity contribution in [3.8, 4) is 0 Å². The van der Waals surface area contributed by atoms with Gasteiger partial charge in [-0.25, -0.2) is 0 Å². The van der Waals surface area contributed by atoms with Crippen molar-refractivity contribution in [1.29, 1.82) is 0 Å². The molecule has 2 rings (SSSR count). The standard InChI is InChI=1S/C6H7NO2S/c8-4-3-5-7(4)2-1-6(9)10-5/h1-2,5-6,9H,3H2/t5-,6?/m1/s1. The van der Waals surface area contributed by atoms with Crippen LogP contribution in [0.2, 0.25) is 0 Å². The highest BCUT2D eigenvalue weighted by molar-refractivity contribution is 8.00. The van der Waals surface area contributed by atoms with E-state index in [0.29, 0.717) is 6.42 Å². The van der Waals surface area contributed by atoms with Crippen molar-refractivity contribution in [2.45, 2.75) is 17.2 Å². The zero-order chi connectivity index (χ0) is 7.14. The minimum absolute atomic E-state index is 0.153. The quantitative estimate of drug-likeness (QED) is 0.508. The second-order valence-electron chi connectivity index (χ2n) is 2.33. The van der Waals surface area contributed by atoms with Gasteiger partial charge in [-0.2, -0.15) is 0 Å². The van der Waals surface area contributed by atoms with Gasteiger partial charge in [-0.15, -0.1) is 11.8 Å². The molecule has 1 fully saturated rings. The molecule has 2 aliphatic rings. The first-order valence-corrected chi connectivity index (χ1v) is 4.05. The molecule has 1 N–H and O–H groups in total. The van der Waals surface area contributed by atoms with Gasteiger partial charge in [0.2, 0.25) is 5.91 Å². The van der Waals surface area contributed by atoms with Crippen LogP contribution in [0.5, 0.6) is 0 Å². The zero-order valence-corrected chi connectivity index (χ0v) is 6.04. The summed E-state index contributed by atoms with van der Waals surface area (Å²) in [7, 11) is 0. The summed E-state index contributed by atoms with van der Waals surface area (Å²) in [5, 5.41) is 9.26. The highest BCUT2D eigenvalue weighted by Crippen LogP contribution is 2.35. The molecular weight excluding hydrogens is 150 g/mol. The van der Waals surface area contributed by atoms with E-state index in [1.54, 1.807) is 17.2 Å². The van der Waals surface area contributed by atoms with Crippen molar-refractivity contribution in [2.75, 3.05) is 0 Å². The second kappa shape index (κ2) is 2.00. The van der Waals surface area contributed by atoms with Gasteiger partial charge in [0.25, 0.3) is 0 Å². The lowest BCUT2D eigenvalue weighted by molar-refractivity contribution is -0.137. The van der Waals surface area contributed by atoms with Gasteiger partial charge in [-0.1, -0.05) is 0 Å². The molecule has 2 aliphatic heterocycles. The van der Waals surface area contributed by atoms with Gasteiger partial charge in [0.15, 0.2) is 0 Å². The van der Waals surface area contributed by atoms with Crippen LogP contribution in [-0.2, 0) is 4.79 Å². The van der Waals surface area contributed by atoms with E-state index >= 15 is 0 Å². The Labute approximate surface area is 62.7 Å². The number of carbonyl (C=O) groups excluding carboxylic acids is 1. The van der Waals surface area contributed by atoms with Gasteiger partial charge < -0.3 is 10.0 Å². The van der Waals surface area contributed by atoms with Crippen LogP contribution >= 0.6 is 11.8 Å². The Balaban J connectivity index is 2.14. The number of nitrogens with zero attached hydrogens (tertiary/aromatic N) is 1. The molecule has 1 amide bonds. The fraction of sp³-hybridized carbons (Fsp3) is 0.500. The summed E-state index contributed by atoms with van der Waals surface area (Å²) in [6.45, 7) is 0. The molecule has 54 valence electrons. The Morgan fingerprint density at radius 1 is 1.80 bits per heavy atom. The van der Waals surface area contributed by atoms with Crippen LogP contribution in [0.1, 0.15) is 6.42 Å². The van der Waals surface area contributed by atoms with Crippen LogP contribution in [0, 0.1) is 0 Å². The van der Waals surface area contributed by atoms with Gasteiger partial charge in [0, 0.05) is 6.20 Å². The van der Waals surface area contributed by atoms with Crippen LogP contribution in [0.25, 0.3) is 0 Å². The molecule has 0 saturated carbocycles. The van der Waals surface area contributed by atoms with Crippen LogP contribution in [-0.4, -0.2) is 26.7 Å². The van der Waals surface area contributed by atoms with Crippen molar-refractivity contribution in [3.63, 3.8) is 0 Å². The van der Waals surface area contributed by atoms with E-state index in [0.717, 1.165) is 0 Å². The van der Waals surface area contributed by atoms with E-state index in [1.807, 2.05) is 0 Å². The van der Waals surface area contributed by atoms with Gasteiger partial charge in [0.1, 0.15) is 5.44 Å². The van der Waals surface area contributed by atoms with Crippen LogP contribution in [0.4, 0.5) is 0 Å². The molecule has 0 aromatic heterocycles. The smallest absolute Gasteiger partial charge is 0.230 e. The fourth-order valence-corrected chi connectivity index (χ4v) is 2.11. The summed E-state index contributed by atoms with van der Waals surface area (Å²) >= 11 is 1.41. The molecular formula is C6H7NO2S. The molecule has 2 atom stereocenters. The minimum atomic E-state index is -0.422. The minimum Gasteiger partial charge on any atom is -0.378 e. The number of amides is 1. The van der Waals surface area contributed by atoms with E-state index in [1.165, 1.54) is 11.8 Å². The first kappa shape index (κ1) is 6.24. The molecule has 3 nitrogen and oxygen atoms in total. The van der Waals surface area contributed by atoms with Crippen LogP contribution < -0.4 is 0 Å². The highest BCUT2D eigenvalue weighted by atomic mass is 32.2. The maximum Gasteiger partial charge on any atom is 0.230 e. The lowest BCUT2D eigenvalue weighted by Gasteiger charge is -2.40. The first-order chi connectivity index (χ1) is 4.77. The maximum absolute atomic E-state index is 10.8. The van der Waals surface area contributed by atoms with Crippen molar-refractivity contribution in [3.05, 3.63) is 12.3 Å². The first-order valence-electron chi connectivity index (χ1n) is 3.10. The van der Waals surface area contributed by atoms with Crippen LogP contribution in [0.15, 0.2) is 12.3 Å². The maximum atomic E-state index is 10.8. The monoisotopic (exact) mass is 157 g/mol. The van der Waals surface area contributed by atoms with Gasteiger partial charge in [-0.05, 0) is 6.08 Å². The molecule has 0 aliphatic carbocycles. The third-order valence-electron chi connectivity index (χ3n) is 1.66. The van der Waals surface area contributed by atoms with Gasteiger partial charge >= 0.3 is 0 Å². The lowest BCUT2D eigenvalue weighted by atomic mass is 10.2. The average molecular weight is 157 g/mol. The molecule has 0 spiro atoms. The number of carbonyl (C=O) groups is 1. The third-order valence-corrected chi connectivity index (χ3v) is 2.80. The highest BCUT2D eigenvalue weighted by Gasteiger charge is 2.38. The number of thioether (sulfide) groups is 1. The van der Waals surface area contributed by atoms with Crippen molar-refractivity contribution < 1.29 is 9.90 Å². The van der Waals surface area contributed by atoms with E-state index in [9.17, 15) is 4.79 Å². The Kier molecular flexibility index (Phi) is 1.25. The summed E-state index contributed by atoms with van der Waals surface area (Å²) in [6, 6.07) is 0. The van der Waals surface area contributed by atoms with E-state index in [-0.39, 0.29) is 11.3 Å². The number of aliphatic hydroxyl groups excluding tert-OH is 1. The molecule has 0 radical (unpaired) electrons. The topological polar surface area (TPSA) is 40.5 Å². The normalized spacial score (nSPS) is 37.3. The molecule has 0 bridgehead atoms. The van der Waals surface area contributed by atoms with E-state index < -0.39 is 5.44 Å². The number of hydrogen-bond acceptors (Lipinski definition) is 3. The number of fused-ring (bicyclic) bond motifs is 1. The van der Waals surface area contributed by atoms with Crippen molar-refractivity contribution in [2.24, 2.45) is 0 Å². The number of β-lactam (4-membered cyclic amide) rings is 1. The number of rotatable bonds is 0. The Morgan fingerprint density at radius 2 is 2.60 bits per heavy atom.